The fraction of sp³-hybridized carbons (Fsp3) is 0.478. The highest BCUT2D eigenvalue weighted by molar-refractivity contribution is 6.59. The Labute approximate surface area is 226 Å². The van der Waals surface area contributed by atoms with Crippen LogP contribution in [0.15, 0.2) is 36.4 Å². The Bertz CT molecular complexity index is 1050. The molecule has 222 valence electrons. The number of rotatable bonds is 10. The molecule has 0 spiro atoms. The van der Waals surface area contributed by atoms with Crippen molar-refractivity contribution < 1.29 is 70.5 Å². The lowest BCUT2D eigenvalue weighted by atomic mass is 9.79. The van der Waals surface area contributed by atoms with Gasteiger partial charge in [-0.15, -0.1) is 0 Å². The second kappa shape index (κ2) is 15.5. The molecule has 3 rings (SSSR count). The van der Waals surface area contributed by atoms with E-state index in [1.807, 2.05) is 0 Å². The van der Waals surface area contributed by atoms with Crippen molar-refractivity contribution in [2.24, 2.45) is 0 Å². The van der Waals surface area contributed by atoms with Crippen LogP contribution in [0.2, 0.25) is 0 Å². The van der Waals surface area contributed by atoms with Gasteiger partial charge in [-0.2, -0.15) is 26.3 Å². The zero-order valence-corrected chi connectivity index (χ0v) is 21.0. The van der Waals surface area contributed by atoms with E-state index < -0.39 is 50.1 Å². The highest BCUT2D eigenvalue weighted by Gasteiger charge is 2.36. The van der Waals surface area contributed by atoms with Crippen molar-refractivity contribution in [1.82, 2.24) is 0 Å². The number of halogens is 6. The first-order valence-corrected chi connectivity index (χ1v) is 12.0. The number of aliphatic hydroxyl groups excluding tert-OH is 1. The number of hydrogen-bond acceptors (Lipinski definition) is 9. The molecule has 1 aliphatic rings. The van der Waals surface area contributed by atoms with Gasteiger partial charge in [-0.05, 0) is 54.5 Å². The van der Waals surface area contributed by atoms with Crippen LogP contribution in [0.5, 0.6) is 11.5 Å². The van der Waals surface area contributed by atoms with Crippen molar-refractivity contribution in [2.45, 2.75) is 37.9 Å². The second-order valence-corrected chi connectivity index (χ2v) is 8.34. The van der Waals surface area contributed by atoms with Gasteiger partial charge in [0, 0.05) is 6.61 Å². The number of benzene rings is 2. The molecule has 0 bridgehead atoms. The Balaban J connectivity index is 0.000000294. The highest BCUT2D eigenvalue weighted by Crippen LogP contribution is 2.36. The molecule has 0 aliphatic carbocycles. The van der Waals surface area contributed by atoms with Crippen molar-refractivity contribution in [3.8, 4) is 11.5 Å². The predicted molar refractivity (Wildman–Crippen MR) is 130 cm³/mol. The molecule has 0 radical (unpaired) electrons. The smallest absolute Gasteiger partial charge is 0.488 e. The van der Waals surface area contributed by atoms with E-state index in [1.165, 1.54) is 6.07 Å². The summed E-state index contributed by atoms with van der Waals surface area (Å²) in [4.78, 5) is 0. The van der Waals surface area contributed by atoms with Gasteiger partial charge in [0.2, 0.25) is 0 Å². The first kappa shape index (κ1) is 33.7. The average molecular weight is 584 g/mol. The summed E-state index contributed by atoms with van der Waals surface area (Å²) in [5.74, 6) is -0.842. The summed E-state index contributed by atoms with van der Waals surface area (Å²) in [6.07, 6.45) is -6.93. The Morgan fingerprint density at radius 1 is 0.750 bits per heavy atom. The first-order chi connectivity index (χ1) is 18.7. The van der Waals surface area contributed by atoms with Crippen molar-refractivity contribution in [1.29, 1.82) is 0 Å². The van der Waals surface area contributed by atoms with Crippen LogP contribution in [0.4, 0.5) is 26.3 Å². The quantitative estimate of drug-likeness (QED) is 0.158. The lowest BCUT2D eigenvalue weighted by molar-refractivity contribution is -0.166. The Kier molecular flexibility index (Phi) is 13.0. The third-order valence-electron chi connectivity index (χ3n) is 5.35. The lowest BCUT2D eigenvalue weighted by Gasteiger charge is -2.23. The highest BCUT2D eigenvalue weighted by atomic mass is 19.4. The Morgan fingerprint density at radius 2 is 1.25 bits per heavy atom. The molecule has 0 aromatic heterocycles. The molecule has 0 amide bonds. The third-order valence-corrected chi connectivity index (χ3v) is 5.35. The predicted octanol–water partition coefficient (Wildman–Crippen LogP) is 1.06. The fourth-order valence-corrected chi connectivity index (χ4v) is 3.44. The molecular formula is C23H28B2F6O9. The van der Waals surface area contributed by atoms with Crippen LogP contribution in [0, 0.1) is 0 Å². The van der Waals surface area contributed by atoms with Gasteiger partial charge < -0.3 is 44.2 Å². The molecule has 0 saturated carbocycles. The summed E-state index contributed by atoms with van der Waals surface area (Å²) in [6.45, 7) is -0.0310. The summed E-state index contributed by atoms with van der Waals surface area (Å²) in [7, 11) is -3.96. The molecule has 1 unspecified atom stereocenters. The van der Waals surface area contributed by atoms with Gasteiger partial charge in [-0.25, -0.2) is 0 Å². The van der Waals surface area contributed by atoms with Gasteiger partial charge in [0.05, 0.1) is 24.3 Å². The first-order valence-electron chi connectivity index (χ1n) is 12.0. The minimum Gasteiger partial charge on any atom is -0.491 e. The summed E-state index contributed by atoms with van der Waals surface area (Å²) in [5.41, 5.74) is -2.71. The number of alkyl halides is 6. The topological polar surface area (TPSA) is 138 Å². The van der Waals surface area contributed by atoms with Gasteiger partial charge in [-0.3, -0.25) is 0 Å². The lowest BCUT2D eigenvalue weighted by Crippen LogP contribution is -2.31. The van der Waals surface area contributed by atoms with E-state index in [0.717, 1.165) is 37.5 Å². The molecule has 40 heavy (non-hydrogen) atoms. The average Bonchev–Trinajstić information content (AvgIpc) is 2.89. The molecular weight excluding hydrogens is 556 g/mol. The summed E-state index contributed by atoms with van der Waals surface area (Å²) >= 11 is 0. The van der Waals surface area contributed by atoms with Crippen LogP contribution in [0.1, 0.15) is 30.4 Å². The Hall–Kier alpha value is -2.53. The minimum absolute atomic E-state index is 0.0655. The SMILES string of the molecule is OB(O)c1ccc(OCCOC2CCCCO2)c(C(F)(F)F)c1.OCCOc1ccc(B(O)O)cc1C(F)(F)F. The minimum atomic E-state index is -4.67. The van der Waals surface area contributed by atoms with E-state index in [9.17, 15) is 26.3 Å². The monoisotopic (exact) mass is 584 g/mol. The molecule has 1 fully saturated rings. The number of ether oxygens (including phenoxy) is 4. The van der Waals surface area contributed by atoms with E-state index in [-0.39, 0.29) is 42.8 Å². The number of aliphatic hydroxyl groups is 1. The van der Waals surface area contributed by atoms with E-state index in [4.69, 9.17) is 44.2 Å². The molecule has 1 saturated heterocycles. The zero-order chi connectivity index (χ0) is 29.9. The van der Waals surface area contributed by atoms with Crippen molar-refractivity contribution in [2.75, 3.05) is 33.0 Å². The number of hydrogen-bond donors (Lipinski definition) is 5. The molecule has 1 heterocycles. The zero-order valence-electron chi connectivity index (χ0n) is 21.0. The maximum atomic E-state index is 13.0. The van der Waals surface area contributed by atoms with E-state index in [1.54, 1.807) is 0 Å². The second-order valence-electron chi connectivity index (χ2n) is 8.34. The fourth-order valence-electron chi connectivity index (χ4n) is 3.44. The van der Waals surface area contributed by atoms with Gasteiger partial charge in [0.25, 0.3) is 0 Å². The molecule has 2 aromatic rings. The van der Waals surface area contributed by atoms with Crippen LogP contribution < -0.4 is 20.4 Å². The van der Waals surface area contributed by atoms with Gasteiger partial charge >= 0.3 is 26.6 Å². The third kappa shape index (κ3) is 10.8. The van der Waals surface area contributed by atoms with Crippen LogP contribution in [0.3, 0.4) is 0 Å². The summed E-state index contributed by atoms with van der Waals surface area (Å²) in [6, 6.07) is 5.57. The van der Waals surface area contributed by atoms with Crippen LogP contribution in [-0.4, -0.2) is 78.8 Å². The van der Waals surface area contributed by atoms with Crippen molar-refractivity contribution >= 4 is 25.2 Å². The summed E-state index contributed by atoms with van der Waals surface area (Å²) < 4.78 is 97.4. The molecule has 2 aromatic carbocycles. The molecule has 1 atom stereocenters. The standard InChI is InChI=1S/C14H18BF3O5.C9H10BF3O4/c16-14(17,18)11-9-10(15(19)20)4-5-12(11)21-7-8-23-13-3-1-2-6-22-13;11-9(12,13)7-5-6(10(15)16)1-2-8(7)17-4-3-14/h4-5,9,13,19-20H,1-3,6-8H2;1-2,5,14-16H,3-4H2. The largest absolute Gasteiger partial charge is 0.491 e. The molecule has 5 N–H and O–H groups in total. The van der Waals surface area contributed by atoms with Crippen molar-refractivity contribution in [3.63, 3.8) is 0 Å². The molecule has 1 aliphatic heterocycles. The molecule has 9 nitrogen and oxygen atoms in total. The van der Waals surface area contributed by atoms with E-state index >= 15 is 0 Å². The van der Waals surface area contributed by atoms with Gasteiger partial charge in [0.15, 0.2) is 6.29 Å². The normalized spacial score (nSPS) is 15.6. The van der Waals surface area contributed by atoms with E-state index in [0.29, 0.717) is 18.7 Å². The maximum absolute atomic E-state index is 13.0. The van der Waals surface area contributed by atoms with Gasteiger partial charge in [0.1, 0.15) is 24.7 Å². The van der Waals surface area contributed by atoms with Gasteiger partial charge in [-0.1, -0.05) is 12.1 Å². The van der Waals surface area contributed by atoms with Crippen molar-refractivity contribution in [3.05, 3.63) is 47.5 Å². The maximum Gasteiger partial charge on any atom is 0.488 e. The Morgan fingerprint density at radius 3 is 1.65 bits per heavy atom. The molecule has 17 heteroatoms. The van der Waals surface area contributed by atoms with Crippen LogP contribution in [-0.2, 0) is 21.8 Å². The summed E-state index contributed by atoms with van der Waals surface area (Å²) in [5, 5.41) is 44.0. The van der Waals surface area contributed by atoms with Crippen LogP contribution in [0.25, 0.3) is 0 Å². The van der Waals surface area contributed by atoms with Crippen LogP contribution >= 0.6 is 0 Å². The van der Waals surface area contributed by atoms with E-state index in [2.05, 4.69) is 0 Å².